The molecule has 6 N–H and O–H groups in total. The van der Waals surface area contributed by atoms with E-state index in [1.54, 1.807) is 5.10 Å². The summed E-state index contributed by atoms with van der Waals surface area (Å²) in [5.41, 5.74) is 9.12. The summed E-state index contributed by atoms with van der Waals surface area (Å²) >= 11 is 0. The zero-order valence-electron chi connectivity index (χ0n) is 29.3. The summed E-state index contributed by atoms with van der Waals surface area (Å²) in [7, 11) is 0. The van der Waals surface area contributed by atoms with Crippen LogP contribution >= 0.6 is 0 Å². The molecule has 4 aromatic rings. The zero-order valence-corrected chi connectivity index (χ0v) is 29.3. The van der Waals surface area contributed by atoms with Crippen LogP contribution in [0.25, 0.3) is 22.5 Å². The molecule has 1 aliphatic rings. The molecule has 0 aliphatic heterocycles. The number of nitrogens with one attached hydrogen (secondary N) is 3. The van der Waals surface area contributed by atoms with Crippen LogP contribution in [0.3, 0.4) is 0 Å². The number of H-pyrrole nitrogens is 1. The van der Waals surface area contributed by atoms with Gasteiger partial charge >= 0.3 is 17.8 Å². The van der Waals surface area contributed by atoms with E-state index < -0.39 is 41.4 Å². The normalized spacial score (nSPS) is 16.9. The highest BCUT2D eigenvalue weighted by Crippen LogP contribution is 2.42. The molecule has 0 saturated heterocycles. The molecule has 2 amide bonds. The van der Waals surface area contributed by atoms with Gasteiger partial charge in [-0.15, -0.1) is 0 Å². The lowest BCUT2D eigenvalue weighted by molar-refractivity contribution is -0.231. The number of hydrogen-bond donors (Lipinski definition) is 5. The summed E-state index contributed by atoms with van der Waals surface area (Å²) in [6, 6.07) is 20.4. The van der Waals surface area contributed by atoms with Crippen molar-refractivity contribution < 1.29 is 41.8 Å². The van der Waals surface area contributed by atoms with E-state index in [4.69, 9.17) is 15.6 Å². The topological polar surface area (TPSA) is 172 Å². The lowest BCUT2D eigenvalue weighted by atomic mass is 9.81. The molecular formula is C38H42F4N6O5. The van der Waals surface area contributed by atoms with Crippen LogP contribution in [-0.2, 0) is 26.7 Å². The number of para-hydroxylation sites is 1. The average molecular weight is 739 g/mol. The van der Waals surface area contributed by atoms with Crippen molar-refractivity contribution in [3.63, 3.8) is 0 Å². The van der Waals surface area contributed by atoms with Gasteiger partial charge in [0.15, 0.2) is 5.82 Å². The first-order chi connectivity index (χ1) is 25.2. The molecule has 1 unspecified atom stereocenters. The molecule has 1 fully saturated rings. The largest absolute Gasteiger partial charge is 0.490 e. The van der Waals surface area contributed by atoms with Crippen LogP contribution in [0, 0.1) is 11.8 Å². The second-order valence-corrected chi connectivity index (χ2v) is 13.4. The highest BCUT2D eigenvalue weighted by Gasteiger charge is 2.65. The molecule has 53 heavy (non-hydrogen) atoms. The minimum absolute atomic E-state index is 0.00905. The third kappa shape index (κ3) is 9.20. The van der Waals surface area contributed by atoms with E-state index >= 15 is 0 Å². The number of rotatable bonds is 15. The molecule has 5 rings (SSSR count). The summed E-state index contributed by atoms with van der Waals surface area (Å²) in [4.78, 5) is 41.1. The number of anilines is 1. The Hall–Kier alpha value is -5.31. The number of carboxylic acid groups (broad SMARTS) is 1. The van der Waals surface area contributed by atoms with Crippen molar-refractivity contribution in [1.29, 1.82) is 0 Å². The number of aromatic nitrogens is 3. The number of halogens is 4. The maximum Gasteiger partial charge on any atom is 0.411 e. The fraction of sp³-hybridized carbons (Fsp3) is 0.395. The summed E-state index contributed by atoms with van der Waals surface area (Å²) in [6.45, 7) is 4.50. The number of aryl methyl sites for hydroxylation is 1. The van der Waals surface area contributed by atoms with E-state index in [0.717, 1.165) is 35.3 Å². The third-order valence-electron chi connectivity index (χ3n) is 9.28. The van der Waals surface area contributed by atoms with Gasteiger partial charge in [-0.05, 0) is 106 Å². The van der Waals surface area contributed by atoms with Gasteiger partial charge in [-0.25, -0.2) is 9.78 Å². The minimum atomic E-state index is -5.42. The van der Waals surface area contributed by atoms with Gasteiger partial charge in [0.1, 0.15) is 11.8 Å². The van der Waals surface area contributed by atoms with Crippen molar-refractivity contribution in [2.24, 2.45) is 17.6 Å². The number of nitrogens with two attached hydrogens (primary N) is 1. The first-order valence-electron chi connectivity index (χ1n) is 17.4. The number of carbonyl (C=O) groups excluding carboxylic acids is 2. The van der Waals surface area contributed by atoms with Crippen LogP contribution in [0.5, 0.6) is 5.75 Å². The van der Waals surface area contributed by atoms with Crippen molar-refractivity contribution in [3.8, 4) is 28.3 Å². The number of ether oxygens (including phenoxy) is 1. The molecular weight excluding hydrogens is 696 g/mol. The Bertz CT molecular complexity index is 1880. The molecule has 0 radical (unpaired) electrons. The number of aromatic amines is 1. The summed E-state index contributed by atoms with van der Waals surface area (Å²) in [5.74, 6) is -15.4. The molecule has 1 saturated carbocycles. The number of nitrogens with zero attached hydrogens (tertiary/aromatic N) is 2. The Labute approximate surface area is 303 Å². The maximum atomic E-state index is 14.2. The Kier molecular flexibility index (Phi) is 12.2. The standard InChI is InChI=1S/C38H42F4N6O5/c1-22(2)53-31-6-4-3-5-29(31)25-12-7-23(8-13-25)11-20-30(45-33(49)27-14-9-24(21-43)10-15-27)34(50)44-28-18-16-26(17-19-28)32-46-35(48-47-32)37(39,40)38(41,42)36(51)52/h3-8,12-13,16-19,22,24,27,30H,9-11,14-15,20-21,43H2,1-2H3,(H,44,50)(H,45,49)(H,51,52)(H,46,47,48). The van der Waals surface area contributed by atoms with Gasteiger partial charge in [-0.1, -0.05) is 42.5 Å². The van der Waals surface area contributed by atoms with E-state index in [1.165, 1.54) is 24.3 Å². The second kappa shape index (κ2) is 16.6. The molecule has 15 heteroatoms. The predicted octanol–water partition coefficient (Wildman–Crippen LogP) is 6.56. The van der Waals surface area contributed by atoms with E-state index in [-0.39, 0.29) is 29.9 Å². The highest BCUT2D eigenvalue weighted by atomic mass is 19.3. The van der Waals surface area contributed by atoms with Gasteiger partial charge in [-0.2, -0.15) is 22.7 Å². The number of alkyl halides is 4. The summed E-state index contributed by atoms with van der Waals surface area (Å²) < 4.78 is 61.7. The van der Waals surface area contributed by atoms with Gasteiger partial charge in [0.05, 0.1) is 6.10 Å². The quantitative estimate of drug-likeness (QED) is 0.0854. The predicted molar refractivity (Wildman–Crippen MR) is 189 cm³/mol. The molecule has 11 nitrogen and oxygen atoms in total. The summed E-state index contributed by atoms with van der Waals surface area (Å²) in [5, 5.41) is 19.5. The molecule has 282 valence electrons. The van der Waals surface area contributed by atoms with E-state index in [9.17, 15) is 31.9 Å². The molecule has 0 spiro atoms. The number of amides is 2. The lowest BCUT2D eigenvalue weighted by Gasteiger charge is -2.28. The van der Waals surface area contributed by atoms with E-state index in [0.29, 0.717) is 37.4 Å². The molecule has 1 atom stereocenters. The number of hydrogen-bond acceptors (Lipinski definition) is 7. The molecule has 1 heterocycles. The first-order valence-corrected chi connectivity index (χ1v) is 17.4. The fourth-order valence-electron chi connectivity index (χ4n) is 6.19. The van der Waals surface area contributed by atoms with Crippen molar-refractivity contribution in [1.82, 2.24) is 20.5 Å². The van der Waals surface area contributed by atoms with Crippen LogP contribution < -0.4 is 21.1 Å². The SMILES string of the molecule is CC(C)Oc1ccccc1-c1ccc(CCC(NC(=O)C2CCC(CN)CC2)C(=O)Nc2ccc(-c3n[nH]c(C(F)(F)C(F)(F)C(=O)O)n3)cc2)cc1. The van der Waals surface area contributed by atoms with Crippen molar-refractivity contribution in [2.45, 2.75) is 76.4 Å². The lowest BCUT2D eigenvalue weighted by Crippen LogP contribution is -2.47. The van der Waals surface area contributed by atoms with Crippen molar-refractivity contribution in [2.75, 3.05) is 11.9 Å². The van der Waals surface area contributed by atoms with Crippen LogP contribution in [-0.4, -0.2) is 62.7 Å². The van der Waals surface area contributed by atoms with Crippen molar-refractivity contribution >= 4 is 23.5 Å². The zero-order chi connectivity index (χ0) is 38.3. The third-order valence-corrected chi connectivity index (χ3v) is 9.28. The van der Waals surface area contributed by atoms with Crippen LogP contribution in [0.2, 0.25) is 0 Å². The van der Waals surface area contributed by atoms with Crippen LogP contribution in [0.1, 0.15) is 57.3 Å². The smallest absolute Gasteiger partial charge is 0.411 e. The average Bonchev–Trinajstić information content (AvgIpc) is 3.65. The van der Waals surface area contributed by atoms with Gasteiger partial charge in [0, 0.05) is 22.7 Å². The Morgan fingerprint density at radius 1 is 0.943 bits per heavy atom. The Morgan fingerprint density at radius 2 is 1.58 bits per heavy atom. The van der Waals surface area contributed by atoms with E-state index in [1.807, 2.05) is 62.4 Å². The fourth-order valence-corrected chi connectivity index (χ4v) is 6.19. The summed E-state index contributed by atoms with van der Waals surface area (Å²) in [6.07, 6.45) is 3.79. The van der Waals surface area contributed by atoms with Gasteiger partial charge in [0.25, 0.3) is 0 Å². The van der Waals surface area contributed by atoms with Crippen LogP contribution in [0.4, 0.5) is 23.2 Å². The highest BCUT2D eigenvalue weighted by molar-refractivity contribution is 5.97. The molecule has 3 aromatic carbocycles. The first kappa shape index (κ1) is 38.9. The molecule has 0 bridgehead atoms. The molecule has 1 aromatic heterocycles. The Balaban J connectivity index is 1.28. The minimum Gasteiger partial charge on any atom is -0.490 e. The van der Waals surface area contributed by atoms with Crippen molar-refractivity contribution in [3.05, 3.63) is 84.2 Å². The van der Waals surface area contributed by atoms with Gasteiger partial charge < -0.3 is 26.2 Å². The van der Waals surface area contributed by atoms with Crippen LogP contribution in [0.15, 0.2) is 72.8 Å². The van der Waals surface area contributed by atoms with E-state index in [2.05, 4.69) is 20.7 Å². The second-order valence-electron chi connectivity index (χ2n) is 13.4. The number of aliphatic carboxylic acids is 1. The molecule has 1 aliphatic carbocycles. The van der Waals surface area contributed by atoms with Gasteiger partial charge in [-0.3, -0.25) is 14.7 Å². The monoisotopic (exact) mass is 738 g/mol. The maximum absolute atomic E-state index is 14.2. The number of benzene rings is 3. The van der Waals surface area contributed by atoms with Gasteiger partial charge in [0.2, 0.25) is 17.6 Å². The number of carboxylic acids is 1. The number of carbonyl (C=O) groups is 3. The Morgan fingerprint density at radius 3 is 2.21 bits per heavy atom.